The number of aliphatic hydroxyl groups excluding tert-OH is 1. The molecule has 2 nitrogen and oxygen atoms in total. The second-order valence-electron chi connectivity index (χ2n) is 3.17. The normalized spacial score (nSPS) is 10.9. The Morgan fingerprint density at radius 2 is 2.38 bits per heavy atom. The molecule has 2 aromatic rings. The minimum absolute atomic E-state index is 0.182. The van der Waals surface area contributed by atoms with Crippen LogP contribution in [-0.4, -0.2) is 16.3 Å². The predicted octanol–water partition coefficient (Wildman–Crippen LogP) is 1.74. The highest BCUT2D eigenvalue weighted by Gasteiger charge is 2.02. The summed E-state index contributed by atoms with van der Waals surface area (Å²) in [7, 11) is 0. The van der Waals surface area contributed by atoms with Gasteiger partial charge in [0.2, 0.25) is 0 Å². The Morgan fingerprint density at radius 3 is 3.15 bits per heavy atom. The van der Waals surface area contributed by atoms with Gasteiger partial charge in [-0.25, -0.2) is 0 Å². The first-order chi connectivity index (χ1) is 6.33. The first-order valence-corrected chi connectivity index (χ1v) is 4.39. The van der Waals surface area contributed by atoms with Gasteiger partial charge in [0.15, 0.2) is 0 Å². The zero-order valence-electron chi connectivity index (χ0n) is 7.62. The monoisotopic (exact) mass is 174 g/mol. The van der Waals surface area contributed by atoms with E-state index in [4.69, 9.17) is 5.11 Å². The summed E-state index contributed by atoms with van der Waals surface area (Å²) in [5, 5.41) is 10.1. The molecular weight excluding hydrogens is 162 g/mol. The lowest BCUT2D eigenvalue weighted by Gasteiger charge is -2.00. The van der Waals surface area contributed by atoms with Crippen LogP contribution in [0.3, 0.4) is 0 Å². The van der Waals surface area contributed by atoms with Crippen LogP contribution in [-0.2, 0) is 6.54 Å². The number of aromatic nitrogens is 1. The van der Waals surface area contributed by atoms with Crippen molar-refractivity contribution in [1.82, 2.24) is 4.57 Å². The van der Waals surface area contributed by atoms with E-state index >= 15 is 0 Å². The molecule has 13 heavy (non-hydrogen) atoms. The minimum Gasteiger partial charge on any atom is -0.395 e. The second kappa shape index (κ2) is 3.23. The lowest BCUT2D eigenvalue weighted by Crippen LogP contribution is -1.99. The summed E-state index contributed by atoms with van der Waals surface area (Å²) in [4.78, 5) is 0. The van der Waals surface area contributed by atoms with Crippen molar-refractivity contribution in [3.05, 3.63) is 36.0 Å². The maximum atomic E-state index is 8.86. The second-order valence-corrected chi connectivity index (χ2v) is 3.17. The molecule has 67 valence electrons. The third-order valence-corrected chi connectivity index (χ3v) is 2.27. The van der Waals surface area contributed by atoms with Gasteiger partial charge in [0, 0.05) is 23.6 Å². The van der Waals surface area contributed by atoms with Crippen molar-refractivity contribution in [2.45, 2.75) is 13.5 Å². The Morgan fingerprint density at radius 1 is 1.54 bits per heavy atom. The van der Waals surface area contributed by atoms with Gasteiger partial charge in [0.25, 0.3) is 0 Å². The third-order valence-electron chi connectivity index (χ3n) is 2.27. The van der Waals surface area contributed by atoms with Crippen LogP contribution in [0.1, 0.15) is 5.56 Å². The van der Waals surface area contributed by atoms with Gasteiger partial charge < -0.3 is 9.67 Å². The smallest absolute Gasteiger partial charge is 0.0610 e. The van der Waals surface area contributed by atoms with Gasteiger partial charge in [0.1, 0.15) is 0 Å². The van der Waals surface area contributed by atoms with E-state index in [9.17, 15) is 0 Å². The van der Waals surface area contributed by atoms with Crippen molar-refractivity contribution in [3.8, 4) is 0 Å². The van der Waals surface area contributed by atoms with Gasteiger partial charge in [0.05, 0.1) is 6.61 Å². The minimum atomic E-state index is 0.182. The van der Waals surface area contributed by atoms with E-state index in [0.717, 1.165) is 0 Å². The highest BCUT2D eigenvalue weighted by atomic mass is 16.3. The number of fused-ring (bicyclic) bond motifs is 1. The largest absolute Gasteiger partial charge is 0.395 e. The molecule has 1 N–H and O–H groups in total. The topological polar surface area (TPSA) is 25.2 Å². The molecule has 2 rings (SSSR count). The fourth-order valence-corrected chi connectivity index (χ4v) is 1.65. The molecule has 0 bridgehead atoms. The Kier molecular flexibility index (Phi) is 2.07. The molecule has 0 aliphatic heterocycles. The van der Waals surface area contributed by atoms with Crippen LogP contribution in [0.4, 0.5) is 0 Å². The first kappa shape index (κ1) is 8.32. The molecule has 1 aromatic heterocycles. The fourth-order valence-electron chi connectivity index (χ4n) is 1.65. The van der Waals surface area contributed by atoms with Crippen molar-refractivity contribution >= 4 is 10.9 Å². The third kappa shape index (κ3) is 1.33. The maximum Gasteiger partial charge on any atom is 0.0610 e. The van der Waals surface area contributed by atoms with Crippen LogP contribution in [0.5, 0.6) is 0 Å². The van der Waals surface area contributed by atoms with Crippen molar-refractivity contribution in [2.24, 2.45) is 0 Å². The summed E-state index contributed by atoms with van der Waals surface area (Å²) < 4.78 is 2.07. The van der Waals surface area contributed by atoms with Crippen LogP contribution >= 0.6 is 0 Å². The number of rotatable bonds is 2. The van der Waals surface area contributed by atoms with E-state index in [1.165, 1.54) is 16.5 Å². The van der Waals surface area contributed by atoms with Crippen molar-refractivity contribution in [1.29, 1.82) is 0 Å². The number of nitrogens with zero attached hydrogens (tertiary/aromatic N) is 1. The Labute approximate surface area is 77.4 Å². The van der Waals surface area contributed by atoms with E-state index in [1.54, 1.807) is 0 Å². The number of hydrogen-bond acceptors (Lipinski definition) is 1. The Hall–Kier alpha value is -1.28. The van der Waals surface area contributed by atoms with E-state index in [2.05, 4.69) is 23.8 Å². The molecule has 0 atom stereocenters. The first-order valence-electron chi connectivity index (χ1n) is 4.39. The molecule has 0 unspecified atom stereocenters. The fraction of sp³-hybridized carbons (Fsp3) is 0.273. The van der Waals surface area contributed by atoms with Gasteiger partial charge in [-0.2, -0.15) is 0 Å². The lowest BCUT2D eigenvalue weighted by molar-refractivity contribution is 0.278. The van der Waals surface area contributed by atoms with E-state index in [1.807, 2.05) is 18.2 Å². The zero-order chi connectivity index (χ0) is 9.26. The number of aliphatic hydroxyl groups is 1. The number of benzene rings is 1. The molecule has 0 saturated carbocycles. The summed E-state index contributed by atoms with van der Waals surface area (Å²) in [6.45, 7) is 2.92. The molecule has 0 aliphatic rings. The van der Waals surface area contributed by atoms with Crippen LogP contribution < -0.4 is 0 Å². The molecule has 1 aromatic carbocycles. The summed E-state index contributed by atoms with van der Waals surface area (Å²) in [5.74, 6) is 0. The van der Waals surface area contributed by atoms with E-state index in [-0.39, 0.29) is 6.61 Å². The number of hydrogen-bond donors (Lipinski definition) is 1. The van der Waals surface area contributed by atoms with Gasteiger partial charge >= 0.3 is 0 Å². The molecule has 0 amide bonds. The van der Waals surface area contributed by atoms with Gasteiger partial charge in [-0.1, -0.05) is 6.07 Å². The Bertz CT molecular complexity index is 417. The zero-order valence-corrected chi connectivity index (χ0v) is 7.62. The van der Waals surface area contributed by atoms with E-state index in [0.29, 0.717) is 6.54 Å². The summed E-state index contributed by atoms with van der Waals surface area (Å²) in [6.07, 6.45) is 2.06. The van der Waals surface area contributed by atoms with E-state index < -0.39 is 0 Å². The highest BCUT2D eigenvalue weighted by molar-refractivity contribution is 5.83. The molecule has 0 fully saturated rings. The Balaban J connectivity index is 2.63. The van der Waals surface area contributed by atoms with Crippen LogP contribution in [0.2, 0.25) is 0 Å². The SMILES string of the molecule is Cc1cn(CCO)c2cc[c]cc12. The summed E-state index contributed by atoms with van der Waals surface area (Å²) in [5.41, 5.74) is 2.41. The van der Waals surface area contributed by atoms with Crippen molar-refractivity contribution in [2.75, 3.05) is 6.61 Å². The predicted molar refractivity (Wildman–Crippen MR) is 52.6 cm³/mol. The lowest BCUT2D eigenvalue weighted by atomic mass is 10.2. The molecule has 0 spiro atoms. The highest BCUT2D eigenvalue weighted by Crippen LogP contribution is 2.19. The van der Waals surface area contributed by atoms with Crippen LogP contribution in [0, 0.1) is 13.0 Å². The molecule has 1 heterocycles. The van der Waals surface area contributed by atoms with Crippen molar-refractivity contribution in [3.63, 3.8) is 0 Å². The van der Waals surface area contributed by atoms with Gasteiger partial charge in [-0.15, -0.1) is 0 Å². The quantitative estimate of drug-likeness (QED) is 0.737. The molecular formula is C11H12NO. The molecule has 0 aliphatic carbocycles. The summed E-state index contributed by atoms with van der Waals surface area (Å²) in [6, 6.07) is 8.96. The van der Waals surface area contributed by atoms with Crippen molar-refractivity contribution < 1.29 is 5.11 Å². The van der Waals surface area contributed by atoms with Gasteiger partial charge in [-0.05, 0) is 30.7 Å². The average Bonchev–Trinajstić information content (AvgIpc) is 2.46. The standard InChI is InChI=1S/C11H12NO/c1-9-8-12(6-7-13)11-5-3-2-4-10(9)11/h3-5,8,13H,6-7H2,1H3. The van der Waals surface area contributed by atoms with Gasteiger partial charge in [-0.3, -0.25) is 0 Å². The maximum absolute atomic E-state index is 8.86. The number of aryl methyl sites for hydroxylation is 1. The average molecular weight is 174 g/mol. The molecule has 0 saturated heterocycles. The van der Waals surface area contributed by atoms with Crippen LogP contribution in [0.25, 0.3) is 10.9 Å². The molecule has 2 heteroatoms. The summed E-state index contributed by atoms with van der Waals surface area (Å²) >= 11 is 0. The molecule has 1 radical (unpaired) electrons. The van der Waals surface area contributed by atoms with Crippen LogP contribution in [0.15, 0.2) is 24.4 Å².